The van der Waals surface area contributed by atoms with Crippen LogP contribution in [0.4, 0.5) is 4.39 Å². The minimum absolute atomic E-state index is 0.0495. The van der Waals surface area contributed by atoms with Crippen molar-refractivity contribution >= 4 is 15.9 Å². The molecule has 0 fully saturated rings. The lowest BCUT2D eigenvalue weighted by Gasteiger charge is -2.03. The molecule has 0 aliphatic carbocycles. The molecule has 0 aliphatic heterocycles. The molecule has 66 valence electrons. The summed E-state index contributed by atoms with van der Waals surface area (Å²) in [5.74, 6) is -0.641. The molecule has 4 heteroatoms. The maximum atomic E-state index is 13.1. The van der Waals surface area contributed by atoms with Crippen LogP contribution in [0.15, 0.2) is 16.6 Å². The summed E-state index contributed by atoms with van der Waals surface area (Å²) < 4.78 is 13.2. The van der Waals surface area contributed by atoms with E-state index < -0.39 is 5.82 Å². The molecule has 1 rings (SSSR count). The third kappa shape index (κ3) is 1.76. The molecular weight excluding hydrogens is 227 g/mol. The topological polar surface area (TPSA) is 40.5 Å². The van der Waals surface area contributed by atoms with Gasteiger partial charge in [0.15, 0.2) is 0 Å². The molecular formula is C8H8BrFO2. The van der Waals surface area contributed by atoms with E-state index >= 15 is 0 Å². The Balaban J connectivity index is 3.08. The summed E-state index contributed by atoms with van der Waals surface area (Å²) in [5.41, 5.74) is 0.391. The first-order valence-electron chi connectivity index (χ1n) is 3.43. The van der Waals surface area contributed by atoms with Gasteiger partial charge in [-0.1, -0.05) is 6.07 Å². The molecule has 1 aromatic carbocycles. The first kappa shape index (κ1) is 9.48. The number of aliphatic hydroxyl groups excluding tert-OH is 1. The maximum absolute atomic E-state index is 13.1. The van der Waals surface area contributed by atoms with Crippen molar-refractivity contribution in [2.45, 2.75) is 6.42 Å². The van der Waals surface area contributed by atoms with Crippen LogP contribution in [0, 0.1) is 5.82 Å². The van der Waals surface area contributed by atoms with Crippen molar-refractivity contribution in [3.05, 3.63) is 28.0 Å². The number of hydrogen-bond donors (Lipinski definition) is 2. The van der Waals surface area contributed by atoms with Gasteiger partial charge in [0.05, 0.1) is 4.47 Å². The highest BCUT2D eigenvalue weighted by molar-refractivity contribution is 9.10. The number of phenolic OH excluding ortho intramolecular Hbond substituents is 1. The summed E-state index contributed by atoms with van der Waals surface area (Å²) in [7, 11) is 0. The fourth-order valence-electron chi connectivity index (χ4n) is 0.893. The average molecular weight is 235 g/mol. The largest absolute Gasteiger partial charge is 0.507 e. The van der Waals surface area contributed by atoms with Crippen LogP contribution in [0.5, 0.6) is 5.75 Å². The van der Waals surface area contributed by atoms with Crippen molar-refractivity contribution < 1.29 is 14.6 Å². The molecule has 2 nitrogen and oxygen atoms in total. The van der Waals surface area contributed by atoms with E-state index in [1.165, 1.54) is 12.1 Å². The lowest BCUT2D eigenvalue weighted by Crippen LogP contribution is -1.95. The monoisotopic (exact) mass is 234 g/mol. The number of aliphatic hydroxyl groups is 1. The normalized spacial score (nSPS) is 10.2. The van der Waals surface area contributed by atoms with E-state index in [9.17, 15) is 4.39 Å². The second kappa shape index (κ2) is 3.87. The third-order valence-electron chi connectivity index (χ3n) is 1.52. The molecule has 1 aromatic rings. The lowest BCUT2D eigenvalue weighted by molar-refractivity contribution is 0.297. The molecule has 0 aliphatic rings. The van der Waals surface area contributed by atoms with Crippen molar-refractivity contribution in [2.75, 3.05) is 6.61 Å². The van der Waals surface area contributed by atoms with E-state index in [0.29, 0.717) is 5.56 Å². The Bertz CT molecular complexity index is 289. The van der Waals surface area contributed by atoms with Gasteiger partial charge in [-0.3, -0.25) is 0 Å². The van der Waals surface area contributed by atoms with Gasteiger partial charge in [-0.25, -0.2) is 4.39 Å². The predicted molar refractivity (Wildman–Crippen MR) is 46.6 cm³/mol. The Kier molecular flexibility index (Phi) is 3.05. The highest BCUT2D eigenvalue weighted by atomic mass is 79.9. The van der Waals surface area contributed by atoms with Crippen LogP contribution in [0.3, 0.4) is 0 Å². The Morgan fingerprint density at radius 1 is 1.42 bits per heavy atom. The first-order chi connectivity index (χ1) is 5.66. The molecule has 2 N–H and O–H groups in total. The van der Waals surface area contributed by atoms with Gasteiger partial charge < -0.3 is 10.2 Å². The fourth-order valence-corrected chi connectivity index (χ4v) is 1.28. The SMILES string of the molecule is OCCc1ccc(O)c(Br)c1F. The number of halogens is 2. The summed E-state index contributed by atoms with van der Waals surface area (Å²) in [4.78, 5) is 0. The molecule has 0 bridgehead atoms. The molecule has 0 spiro atoms. The number of hydrogen-bond acceptors (Lipinski definition) is 2. The van der Waals surface area contributed by atoms with Gasteiger partial charge in [0.25, 0.3) is 0 Å². The van der Waals surface area contributed by atoms with Crippen molar-refractivity contribution in [2.24, 2.45) is 0 Å². The summed E-state index contributed by atoms with van der Waals surface area (Å²) in [6, 6.07) is 2.84. The number of phenols is 1. The number of rotatable bonds is 2. The average Bonchev–Trinajstić information content (AvgIpc) is 2.07. The van der Waals surface area contributed by atoms with Crippen molar-refractivity contribution in [3.63, 3.8) is 0 Å². The molecule has 0 saturated carbocycles. The van der Waals surface area contributed by atoms with Crippen molar-refractivity contribution in [3.8, 4) is 5.75 Å². The van der Waals surface area contributed by atoms with Gasteiger partial charge in [0, 0.05) is 6.61 Å². The Hall–Kier alpha value is -0.610. The zero-order valence-electron chi connectivity index (χ0n) is 6.22. The van der Waals surface area contributed by atoms with Gasteiger partial charge in [-0.05, 0) is 34.0 Å². The molecule has 0 radical (unpaired) electrons. The summed E-state index contributed by atoms with van der Waals surface area (Å²) in [6.45, 7) is -0.103. The van der Waals surface area contributed by atoms with Crippen LogP contribution in [0.1, 0.15) is 5.56 Å². The highest BCUT2D eigenvalue weighted by Crippen LogP contribution is 2.28. The van der Waals surface area contributed by atoms with Crippen molar-refractivity contribution in [1.82, 2.24) is 0 Å². The minimum atomic E-state index is -0.510. The van der Waals surface area contributed by atoms with E-state index in [-0.39, 0.29) is 23.2 Å². The summed E-state index contributed by atoms with van der Waals surface area (Å²) in [6.07, 6.45) is 0.255. The molecule has 0 atom stereocenters. The second-order valence-electron chi connectivity index (χ2n) is 2.35. The zero-order chi connectivity index (χ0) is 9.14. The molecule has 0 heterocycles. The number of aromatic hydroxyl groups is 1. The number of benzene rings is 1. The summed E-state index contributed by atoms with van der Waals surface area (Å²) in [5, 5.41) is 17.6. The molecule has 0 aromatic heterocycles. The van der Waals surface area contributed by atoms with E-state index in [1.807, 2.05) is 0 Å². The minimum Gasteiger partial charge on any atom is -0.507 e. The van der Waals surface area contributed by atoms with E-state index in [1.54, 1.807) is 0 Å². The Morgan fingerprint density at radius 3 is 2.67 bits per heavy atom. The lowest BCUT2D eigenvalue weighted by atomic mass is 10.1. The van der Waals surface area contributed by atoms with Gasteiger partial charge in [0.2, 0.25) is 0 Å². The highest BCUT2D eigenvalue weighted by Gasteiger charge is 2.09. The quantitative estimate of drug-likeness (QED) is 0.820. The fraction of sp³-hybridized carbons (Fsp3) is 0.250. The zero-order valence-corrected chi connectivity index (χ0v) is 7.81. The van der Waals surface area contributed by atoms with E-state index in [0.717, 1.165) is 0 Å². The molecule has 0 saturated heterocycles. The first-order valence-corrected chi connectivity index (χ1v) is 4.23. The second-order valence-corrected chi connectivity index (χ2v) is 3.14. The van der Waals surface area contributed by atoms with Gasteiger partial charge in [0.1, 0.15) is 11.6 Å². The van der Waals surface area contributed by atoms with Crippen LogP contribution in [-0.2, 0) is 6.42 Å². The standard InChI is InChI=1S/C8H8BrFO2/c9-7-6(12)2-1-5(3-4-11)8(7)10/h1-2,11-12H,3-4H2. The van der Waals surface area contributed by atoms with Crippen LogP contribution in [0.25, 0.3) is 0 Å². The smallest absolute Gasteiger partial charge is 0.144 e. The van der Waals surface area contributed by atoms with Crippen LogP contribution in [0.2, 0.25) is 0 Å². The molecule has 12 heavy (non-hydrogen) atoms. The van der Waals surface area contributed by atoms with E-state index in [4.69, 9.17) is 10.2 Å². The molecule has 0 amide bonds. The van der Waals surface area contributed by atoms with E-state index in [2.05, 4.69) is 15.9 Å². The van der Waals surface area contributed by atoms with Gasteiger partial charge >= 0.3 is 0 Å². The third-order valence-corrected chi connectivity index (χ3v) is 2.28. The van der Waals surface area contributed by atoms with Crippen LogP contribution in [-0.4, -0.2) is 16.8 Å². The maximum Gasteiger partial charge on any atom is 0.144 e. The predicted octanol–water partition coefficient (Wildman–Crippen LogP) is 1.83. The van der Waals surface area contributed by atoms with Gasteiger partial charge in [-0.15, -0.1) is 0 Å². The Labute approximate surface area is 77.8 Å². The summed E-state index contributed by atoms with van der Waals surface area (Å²) >= 11 is 2.89. The van der Waals surface area contributed by atoms with Crippen LogP contribution < -0.4 is 0 Å². The van der Waals surface area contributed by atoms with Crippen molar-refractivity contribution in [1.29, 1.82) is 0 Å². The molecule has 0 unspecified atom stereocenters. The van der Waals surface area contributed by atoms with Crippen LogP contribution >= 0.6 is 15.9 Å². The van der Waals surface area contributed by atoms with Gasteiger partial charge in [-0.2, -0.15) is 0 Å². The Morgan fingerprint density at radius 2 is 2.08 bits per heavy atom.